The summed E-state index contributed by atoms with van der Waals surface area (Å²) in [5.41, 5.74) is 0.767. The predicted octanol–water partition coefficient (Wildman–Crippen LogP) is 1.37. The Balaban J connectivity index is 2.26. The van der Waals surface area contributed by atoms with E-state index in [2.05, 4.69) is 10.3 Å². The van der Waals surface area contributed by atoms with E-state index < -0.39 is 6.04 Å². The molecule has 0 aromatic heterocycles. The van der Waals surface area contributed by atoms with E-state index in [0.717, 1.165) is 5.56 Å². The number of amides is 1. The average Bonchev–Trinajstić information content (AvgIpc) is 2.81. The minimum absolute atomic E-state index is 0.111. The van der Waals surface area contributed by atoms with E-state index >= 15 is 0 Å². The third-order valence-electron chi connectivity index (χ3n) is 2.96. The number of hydrogen-bond acceptors (Lipinski definition) is 4. The van der Waals surface area contributed by atoms with Gasteiger partial charge in [-0.2, -0.15) is 0 Å². The summed E-state index contributed by atoms with van der Waals surface area (Å²) in [7, 11) is 1.60. The lowest BCUT2D eigenvalue weighted by atomic mass is 10.2. The predicted molar refractivity (Wildman–Crippen MR) is 72.5 cm³/mol. The van der Waals surface area contributed by atoms with Gasteiger partial charge < -0.3 is 14.8 Å². The molecular weight excluding hydrogens is 244 g/mol. The molecule has 1 amide bonds. The molecule has 0 bridgehead atoms. The van der Waals surface area contributed by atoms with E-state index in [4.69, 9.17) is 9.47 Å². The van der Waals surface area contributed by atoms with Gasteiger partial charge in [0, 0.05) is 6.54 Å². The highest BCUT2D eigenvalue weighted by molar-refractivity contribution is 6.00. The first-order valence-electron chi connectivity index (χ1n) is 6.33. The summed E-state index contributed by atoms with van der Waals surface area (Å²) in [4.78, 5) is 16.2. The van der Waals surface area contributed by atoms with Crippen molar-refractivity contribution in [1.29, 1.82) is 0 Å². The quantitative estimate of drug-likeness (QED) is 0.891. The smallest absolute Gasteiger partial charge is 0.248 e. The summed E-state index contributed by atoms with van der Waals surface area (Å²) in [5.74, 6) is 1.03. The van der Waals surface area contributed by atoms with Crippen molar-refractivity contribution >= 4 is 11.8 Å². The van der Waals surface area contributed by atoms with E-state index in [1.165, 1.54) is 0 Å². The largest absolute Gasteiger partial charge is 0.496 e. The van der Waals surface area contributed by atoms with Gasteiger partial charge in [0.2, 0.25) is 11.8 Å². The van der Waals surface area contributed by atoms with Crippen LogP contribution in [0.3, 0.4) is 0 Å². The van der Waals surface area contributed by atoms with Crippen molar-refractivity contribution in [3.8, 4) is 5.75 Å². The van der Waals surface area contributed by atoms with Gasteiger partial charge in [-0.25, -0.2) is 4.99 Å². The van der Waals surface area contributed by atoms with Crippen molar-refractivity contribution in [3.63, 3.8) is 0 Å². The molecule has 0 fully saturated rings. The van der Waals surface area contributed by atoms with Gasteiger partial charge >= 0.3 is 0 Å². The van der Waals surface area contributed by atoms with Crippen molar-refractivity contribution < 1.29 is 14.3 Å². The van der Waals surface area contributed by atoms with Gasteiger partial charge in [-0.15, -0.1) is 0 Å². The van der Waals surface area contributed by atoms with Crippen LogP contribution in [0.4, 0.5) is 0 Å². The Bertz CT molecular complexity index is 499. The van der Waals surface area contributed by atoms with E-state index in [-0.39, 0.29) is 12.0 Å². The molecule has 0 saturated carbocycles. The normalized spacial score (nSPS) is 21.5. The van der Waals surface area contributed by atoms with E-state index in [1.54, 1.807) is 7.11 Å². The number of benzene rings is 1. The first kappa shape index (κ1) is 13.4. The number of carbonyl (C=O) groups excluding carboxylic acids is 1. The number of aliphatic imine (C=N–C) groups is 1. The highest BCUT2D eigenvalue weighted by Crippen LogP contribution is 2.24. The van der Waals surface area contributed by atoms with Crippen LogP contribution in [0.25, 0.3) is 0 Å². The lowest BCUT2D eigenvalue weighted by Crippen LogP contribution is -2.38. The first-order valence-corrected chi connectivity index (χ1v) is 6.33. The van der Waals surface area contributed by atoms with Crippen molar-refractivity contribution in [2.75, 3.05) is 13.7 Å². The summed E-state index contributed by atoms with van der Waals surface area (Å²) in [5, 5.41) is 2.76. The molecule has 2 atom stereocenters. The molecule has 1 aliphatic rings. The number of methoxy groups -OCH3 is 1. The Morgan fingerprint density at radius 2 is 2.21 bits per heavy atom. The molecule has 5 nitrogen and oxygen atoms in total. The monoisotopic (exact) mass is 262 g/mol. The molecule has 1 aromatic carbocycles. The van der Waals surface area contributed by atoms with Crippen molar-refractivity contribution in [3.05, 3.63) is 29.8 Å². The number of rotatable bonds is 4. The van der Waals surface area contributed by atoms with Gasteiger partial charge in [-0.3, -0.25) is 4.79 Å². The second-order valence-corrected chi connectivity index (χ2v) is 4.30. The van der Waals surface area contributed by atoms with Gasteiger partial charge in [0.15, 0.2) is 6.04 Å². The lowest BCUT2D eigenvalue weighted by molar-refractivity contribution is -0.123. The second-order valence-electron chi connectivity index (χ2n) is 4.30. The summed E-state index contributed by atoms with van der Waals surface area (Å²) in [6, 6.07) is 6.96. The van der Waals surface area contributed by atoms with Crippen LogP contribution in [-0.4, -0.2) is 37.6 Å². The molecule has 0 aliphatic carbocycles. The minimum Gasteiger partial charge on any atom is -0.496 e. The molecule has 1 N–H and O–H groups in total. The highest BCUT2D eigenvalue weighted by Gasteiger charge is 2.34. The molecule has 0 radical (unpaired) electrons. The van der Waals surface area contributed by atoms with Crippen LogP contribution < -0.4 is 10.1 Å². The summed E-state index contributed by atoms with van der Waals surface area (Å²) < 4.78 is 11.0. The Hall–Kier alpha value is -2.04. The summed E-state index contributed by atoms with van der Waals surface area (Å²) in [6.45, 7) is 4.30. The molecule has 2 rings (SSSR count). The minimum atomic E-state index is -0.500. The average molecular weight is 262 g/mol. The number of hydrogen-bond donors (Lipinski definition) is 1. The molecule has 1 aromatic rings. The van der Waals surface area contributed by atoms with Crippen LogP contribution in [0, 0.1) is 0 Å². The number of ether oxygens (including phenoxy) is 2. The number of carbonyl (C=O) groups is 1. The highest BCUT2D eigenvalue weighted by atomic mass is 16.5. The maximum Gasteiger partial charge on any atom is 0.248 e. The fraction of sp³-hybridized carbons (Fsp3) is 0.429. The van der Waals surface area contributed by atoms with Crippen molar-refractivity contribution in [1.82, 2.24) is 5.32 Å². The van der Waals surface area contributed by atoms with Crippen LogP contribution in [0.15, 0.2) is 29.3 Å². The molecule has 5 heteroatoms. The third kappa shape index (κ3) is 2.70. The molecule has 102 valence electrons. The maximum absolute atomic E-state index is 11.9. The third-order valence-corrected chi connectivity index (χ3v) is 2.96. The lowest BCUT2D eigenvalue weighted by Gasteiger charge is -2.12. The number of nitrogens with zero attached hydrogens (tertiary/aromatic N) is 1. The fourth-order valence-electron chi connectivity index (χ4n) is 2.01. The van der Waals surface area contributed by atoms with E-state index in [1.807, 2.05) is 38.1 Å². The van der Waals surface area contributed by atoms with Gasteiger partial charge in [-0.1, -0.05) is 12.1 Å². The second kappa shape index (κ2) is 5.73. The molecule has 2 unspecified atom stereocenters. The maximum atomic E-state index is 11.9. The Morgan fingerprint density at radius 1 is 1.47 bits per heavy atom. The van der Waals surface area contributed by atoms with Crippen molar-refractivity contribution in [2.45, 2.75) is 26.0 Å². The zero-order valence-corrected chi connectivity index (χ0v) is 11.3. The molecular formula is C14H18N2O3. The van der Waals surface area contributed by atoms with Crippen LogP contribution in [-0.2, 0) is 9.53 Å². The molecule has 0 saturated heterocycles. The number of likely N-dealkylation sites (N-methyl/N-ethyl adjacent to an activating group) is 1. The van der Waals surface area contributed by atoms with E-state index in [9.17, 15) is 4.79 Å². The summed E-state index contributed by atoms with van der Waals surface area (Å²) >= 11 is 0. The van der Waals surface area contributed by atoms with Gasteiger partial charge in [0.1, 0.15) is 11.9 Å². The standard InChI is InChI=1S/C14H18N2O3/c1-4-15-13(17)12-9(2)19-14(16-12)10-7-5-6-8-11(10)18-3/h5-9,12H,4H2,1-3H3,(H,15,17). The van der Waals surface area contributed by atoms with Gasteiger partial charge in [0.25, 0.3) is 0 Å². The first-order chi connectivity index (χ1) is 9.17. The zero-order chi connectivity index (χ0) is 13.8. The molecule has 19 heavy (non-hydrogen) atoms. The molecule has 0 spiro atoms. The van der Waals surface area contributed by atoms with E-state index in [0.29, 0.717) is 18.2 Å². The Morgan fingerprint density at radius 3 is 2.89 bits per heavy atom. The summed E-state index contributed by atoms with van der Waals surface area (Å²) in [6.07, 6.45) is -0.272. The zero-order valence-electron chi connectivity index (χ0n) is 11.3. The van der Waals surface area contributed by atoms with Crippen LogP contribution >= 0.6 is 0 Å². The Kier molecular flexibility index (Phi) is 4.04. The number of para-hydroxylation sites is 1. The molecule has 1 heterocycles. The Labute approximate surface area is 112 Å². The molecule has 1 aliphatic heterocycles. The van der Waals surface area contributed by atoms with Crippen LogP contribution in [0.1, 0.15) is 19.4 Å². The number of nitrogens with one attached hydrogen (secondary N) is 1. The van der Waals surface area contributed by atoms with Crippen LogP contribution in [0.2, 0.25) is 0 Å². The van der Waals surface area contributed by atoms with Gasteiger partial charge in [0.05, 0.1) is 12.7 Å². The fourth-order valence-corrected chi connectivity index (χ4v) is 2.01. The van der Waals surface area contributed by atoms with Gasteiger partial charge in [-0.05, 0) is 26.0 Å². The van der Waals surface area contributed by atoms with Crippen LogP contribution in [0.5, 0.6) is 5.75 Å². The topological polar surface area (TPSA) is 59.9 Å². The SMILES string of the molecule is CCNC(=O)C1N=C(c2ccccc2OC)OC1C. The van der Waals surface area contributed by atoms with Crippen molar-refractivity contribution in [2.24, 2.45) is 4.99 Å².